The second-order valence-corrected chi connectivity index (χ2v) is 15.2. The minimum Gasteiger partial charge on any atom is -0.544 e. The molecule has 0 radical (unpaired) electrons. The van der Waals surface area contributed by atoms with Crippen molar-refractivity contribution in [2.24, 2.45) is 0 Å². The lowest BCUT2D eigenvalue weighted by Gasteiger charge is -2.34. The van der Waals surface area contributed by atoms with Crippen molar-refractivity contribution in [2.45, 2.75) is 193 Å². The van der Waals surface area contributed by atoms with Gasteiger partial charge >= 0.3 is 11.9 Å². The quantitative estimate of drug-likeness (QED) is 0.0273. The fourth-order valence-corrected chi connectivity index (χ4v) is 6.00. The van der Waals surface area contributed by atoms with Crippen molar-refractivity contribution in [3.8, 4) is 0 Å². The lowest BCUT2D eigenvalue weighted by molar-refractivity contribution is -0.889. The molecule has 0 N–H and O–H groups in total. The highest BCUT2D eigenvalue weighted by Gasteiger charge is 2.25. The van der Waals surface area contributed by atoms with Gasteiger partial charge in [-0.2, -0.15) is 0 Å². The predicted molar refractivity (Wildman–Crippen MR) is 208 cm³/mol. The van der Waals surface area contributed by atoms with Crippen molar-refractivity contribution in [2.75, 3.05) is 41.0 Å². The van der Waals surface area contributed by atoms with E-state index in [4.69, 9.17) is 14.2 Å². The zero-order valence-electron chi connectivity index (χ0n) is 33.8. The van der Waals surface area contributed by atoms with Crippen LogP contribution >= 0.6 is 0 Å². The van der Waals surface area contributed by atoms with Gasteiger partial charge in [-0.1, -0.05) is 122 Å². The number of ether oxygens (including phenoxy) is 3. The number of carboxylic acid groups (broad SMARTS) is 1. The van der Waals surface area contributed by atoms with Crippen molar-refractivity contribution in [1.82, 2.24) is 0 Å². The summed E-state index contributed by atoms with van der Waals surface area (Å²) in [4.78, 5) is 36.7. The minimum absolute atomic E-state index is 0.0323. The Hall–Kier alpha value is -2.19. The normalized spacial score (nSPS) is 13.2. The van der Waals surface area contributed by atoms with Crippen LogP contribution in [0.3, 0.4) is 0 Å². The summed E-state index contributed by atoms with van der Waals surface area (Å²) in [6, 6.07) is -0.727. The van der Waals surface area contributed by atoms with Crippen LogP contribution in [0.4, 0.5) is 0 Å². The number of allylic oxidation sites excluding steroid dienone is 4. The van der Waals surface area contributed by atoms with Crippen molar-refractivity contribution in [3.05, 3.63) is 24.3 Å². The van der Waals surface area contributed by atoms with Crippen LogP contribution in [-0.4, -0.2) is 75.5 Å². The molecule has 0 aromatic heterocycles. The van der Waals surface area contributed by atoms with Gasteiger partial charge < -0.3 is 28.6 Å². The molecule has 0 spiro atoms. The summed E-state index contributed by atoms with van der Waals surface area (Å²) < 4.78 is 17.1. The SMILES string of the molecule is CCCCCCCC/C=C/CCCCCC(=O)OC(COCCC(C(=O)[O-])[N+](C)(C)C)COC(=O)CCCCC/C=C/CCCCCCCCC. The van der Waals surface area contributed by atoms with E-state index in [1.54, 1.807) is 21.1 Å². The molecule has 0 aliphatic rings. The third-order valence-corrected chi connectivity index (χ3v) is 9.31. The average molecular weight is 722 g/mol. The highest BCUT2D eigenvalue weighted by molar-refractivity contribution is 5.70. The van der Waals surface area contributed by atoms with Crippen molar-refractivity contribution < 1.29 is 38.2 Å². The summed E-state index contributed by atoms with van der Waals surface area (Å²) in [5, 5.41) is 11.6. The topological polar surface area (TPSA) is 102 Å². The molecule has 0 aliphatic heterocycles. The van der Waals surface area contributed by atoms with Gasteiger partial charge in [0.25, 0.3) is 0 Å². The summed E-state index contributed by atoms with van der Waals surface area (Å²) in [6.07, 6.45) is 36.3. The summed E-state index contributed by atoms with van der Waals surface area (Å²) in [6.45, 7) is 4.61. The van der Waals surface area contributed by atoms with E-state index in [9.17, 15) is 19.5 Å². The largest absolute Gasteiger partial charge is 0.544 e. The molecule has 51 heavy (non-hydrogen) atoms. The Morgan fingerprint density at radius 2 is 0.980 bits per heavy atom. The summed E-state index contributed by atoms with van der Waals surface area (Å²) in [5.41, 5.74) is 0. The molecule has 0 amide bonds. The lowest BCUT2D eigenvalue weighted by atomic mass is 10.1. The molecule has 298 valence electrons. The van der Waals surface area contributed by atoms with Crippen molar-refractivity contribution in [3.63, 3.8) is 0 Å². The second-order valence-electron chi connectivity index (χ2n) is 15.2. The monoisotopic (exact) mass is 722 g/mol. The van der Waals surface area contributed by atoms with Gasteiger partial charge in [-0.15, -0.1) is 0 Å². The van der Waals surface area contributed by atoms with Gasteiger partial charge in [-0.3, -0.25) is 9.59 Å². The van der Waals surface area contributed by atoms with E-state index in [2.05, 4.69) is 38.2 Å². The number of rotatable bonds is 37. The van der Waals surface area contributed by atoms with E-state index < -0.39 is 18.1 Å². The van der Waals surface area contributed by atoms with Crippen LogP contribution in [0.5, 0.6) is 0 Å². The molecule has 0 aromatic carbocycles. The lowest BCUT2D eigenvalue weighted by Crippen LogP contribution is -2.55. The number of carbonyl (C=O) groups excluding carboxylic acids is 3. The van der Waals surface area contributed by atoms with E-state index >= 15 is 0 Å². The highest BCUT2D eigenvalue weighted by Crippen LogP contribution is 2.13. The number of carboxylic acids is 1. The Labute approximate surface area is 313 Å². The summed E-state index contributed by atoms with van der Waals surface area (Å²) in [7, 11) is 5.39. The molecular weight excluding hydrogens is 642 g/mol. The van der Waals surface area contributed by atoms with E-state index in [-0.39, 0.29) is 42.7 Å². The molecule has 0 aliphatic carbocycles. The van der Waals surface area contributed by atoms with Gasteiger partial charge in [0.15, 0.2) is 6.10 Å². The number of hydrogen-bond donors (Lipinski definition) is 0. The van der Waals surface area contributed by atoms with Crippen LogP contribution in [0, 0.1) is 0 Å². The first-order valence-electron chi connectivity index (χ1n) is 20.9. The molecule has 0 fully saturated rings. The number of esters is 2. The number of hydrogen-bond acceptors (Lipinski definition) is 7. The third-order valence-electron chi connectivity index (χ3n) is 9.31. The van der Waals surface area contributed by atoms with Crippen LogP contribution in [0.2, 0.25) is 0 Å². The highest BCUT2D eigenvalue weighted by atomic mass is 16.6. The molecule has 0 saturated heterocycles. The first-order valence-corrected chi connectivity index (χ1v) is 20.9. The third kappa shape index (κ3) is 33.4. The fraction of sp³-hybridized carbons (Fsp3) is 0.837. The fourth-order valence-electron chi connectivity index (χ4n) is 6.00. The first kappa shape index (κ1) is 48.8. The molecule has 8 heteroatoms. The van der Waals surface area contributed by atoms with Gasteiger partial charge in [0.2, 0.25) is 0 Å². The van der Waals surface area contributed by atoms with Crippen molar-refractivity contribution in [1.29, 1.82) is 0 Å². The predicted octanol–water partition coefficient (Wildman–Crippen LogP) is 9.58. The molecule has 0 saturated carbocycles. The van der Waals surface area contributed by atoms with E-state index in [1.165, 1.54) is 83.5 Å². The Balaban J connectivity index is 4.42. The molecular formula is C43H79NO7. The Bertz CT molecular complexity index is 895. The minimum atomic E-state index is -1.13. The number of unbranched alkanes of at least 4 members (excludes halogenated alkanes) is 19. The maximum atomic E-state index is 12.7. The number of quaternary nitrogens is 1. The Morgan fingerprint density at radius 1 is 0.569 bits per heavy atom. The van der Waals surface area contributed by atoms with Gasteiger partial charge in [-0.05, 0) is 64.2 Å². The Kier molecular flexibility index (Phi) is 33.4. The van der Waals surface area contributed by atoms with Gasteiger partial charge in [0.05, 0.1) is 40.3 Å². The van der Waals surface area contributed by atoms with Crippen LogP contribution < -0.4 is 5.11 Å². The standard InChI is InChI=1S/C43H79NO7/c1-6-8-10-12-14-16-18-20-22-23-25-27-29-31-33-41(45)50-38-39(37-49-36-35-40(43(47)48)44(3,4)5)51-42(46)34-32-30-28-26-24-21-19-17-15-13-11-9-7-2/h21-24,39-40H,6-20,25-38H2,1-5H3/b23-22+,24-21+. The van der Waals surface area contributed by atoms with Gasteiger partial charge in [0.1, 0.15) is 12.6 Å². The maximum Gasteiger partial charge on any atom is 0.306 e. The molecule has 2 unspecified atom stereocenters. The smallest absolute Gasteiger partial charge is 0.306 e. The van der Waals surface area contributed by atoms with E-state index in [0.29, 0.717) is 12.8 Å². The van der Waals surface area contributed by atoms with Crippen molar-refractivity contribution >= 4 is 17.9 Å². The average Bonchev–Trinajstić information content (AvgIpc) is 3.08. The number of likely N-dealkylation sites (N-methyl/N-ethyl adjacent to an activating group) is 1. The maximum absolute atomic E-state index is 12.7. The number of carbonyl (C=O) groups is 3. The van der Waals surface area contributed by atoms with E-state index in [0.717, 1.165) is 64.2 Å². The van der Waals surface area contributed by atoms with Crippen LogP contribution in [0.1, 0.15) is 181 Å². The summed E-state index contributed by atoms with van der Waals surface area (Å²) in [5.74, 6) is -1.77. The molecule has 0 heterocycles. The molecule has 2 atom stereocenters. The molecule has 0 bridgehead atoms. The molecule has 0 rings (SSSR count). The zero-order chi connectivity index (χ0) is 37.8. The summed E-state index contributed by atoms with van der Waals surface area (Å²) >= 11 is 0. The molecule has 0 aromatic rings. The Morgan fingerprint density at radius 3 is 1.41 bits per heavy atom. The van der Waals surface area contributed by atoms with Crippen LogP contribution in [0.25, 0.3) is 0 Å². The van der Waals surface area contributed by atoms with Crippen LogP contribution in [-0.2, 0) is 28.6 Å². The zero-order valence-corrected chi connectivity index (χ0v) is 33.8. The van der Waals surface area contributed by atoms with Crippen LogP contribution in [0.15, 0.2) is 24.3 Å². The number of aliphatic carboxylic acids is 1. The van der Waals surface area contributed by atoms with Gasteiger partial charge in [0, 0.05) is 19.3 Å². The molecule has 8 nitrogen and oxygen atoms in total. The van der Waals surface area contributed by atoms with E-state index in [1.807, 2.05) is 0 Å². The van der Waals surface area contributed by atoms with Gasteiger partial charge in [-0.25, -0.2) is 0 Å². The first-order chi connectivity index (χ1) is 24.6. The number of nitrogens with zero attached hydrogens (tertiary/aromatic N) is 1. The second kappa shape index (κ2) is 34.9.